The van der Waals surface area contributed by atoms with Crippen molar-refractivity contribution in [1.82, 2.24) is 9.97 Å². The van der Waals surface area contributed by atoms with Gasteiger partial charge in [-0.05, 0) is 44.0 Å². The summed E-state index contributed by atoms with van der Waals surface area (Å²) in [6.45, 7) is 5.75. The summed E-state index contributed by atoms with van der Waals surface area (Å²) in [5.74, 6) is 0.163. The Morgan fingerprint density at radius 2 is 2.04 bits per heavy atom. The lowest BCUT2D eigenvalue weighted by atomic mass is 10.2. The molecule has 0 aliphatic carbocycles. The van der Waals surface area contributed by atoms with E-state index in [2.05, 4.69) is 15.3 Å². The molecule has 0 aliphatic rings. The Morgan fingerprint density at radius 3 is 2.83 bits per heavy atom. The fraction of sp³-hybridized carbons (Fsp3) is 0.235. The van der Waals surface area contributed by atoms with Crippen molar-refractivity contribution < 1.29 is 9.53 Å². The number of carbonyl (C=O) groups is 1. The van der Waals surface area contributed by atoms with Gasteiger partial charge in [0.25, 0.3) is 5.91 Å². The van der Waals surface area contributed by atoms with Crippen LogP contribution in [0.2, 0.25) is 5.02 Å². The van der Waals surface area contributed by atoms with Crippen LogP contribution in [-0.2, 0) is 4.79 Å². The Hall–Kier alpha value is -2.18. The predicted octanol–water partition coefficient (Wildman–Crippen LogP) is 4.29. The van der Waals surface area contributed by atoms with Gasteiger partial charge in [-0.15, -0.1) is 11.3 Å². The standard InChI is InChI=1S/C17H16ClN3O2S/c1-9-11(3)24-17-15(9)16(19-8-20-17)23-7-14(22)21-13-6-4-5-12(18)10(13)2/h4-6,8H,7H2,1-3H3,(H,21,22). The third-order valence-corrected chi connectivity index (χ3v) is 5.34. The Labute approximate surface area is 148 Å². The normalized spacial score (nSPS) is 10.8. The summed E-state index contributed by atoms with van der Waals surface area (Å²) >= 11 is 7.64. The Kier molecular flexibility index (Phi) is 4.69. The summed E-state index contributed by atoms with van der Waals surface area (Å²) < 4.78 is 5.63. The van der Waals surface area contributed by atoms with E-state index in [0.717, 1.165) is 26.2 Å². The van der Waals surface area contributed by atoms with Crippen molar-refractivity contribution in [2.75, 3.05) is 11.9 Å². The fourth-order valence-corrected chi connectivity index (χ4v) is 3.48. The van der Waals surface area contributed by atoms with Gasteiger partial charge in [0.15, 0.2) is 6.61 Å². The summed E-state index contributed by atoms with van der Waals surface area (Å²) in [7, 11) is 0. The zero-order chi connectivity index (χ0) is 17.3. The molecule has 0 saturated heterocycles. The molecule has 24 heavy (non-hydrogen) atoms. The highest BCUT2D eigenvalue weighted by molar-refractivity contribution is 7.18. The average Bonchev–Trinajstić information content (AvgIpc) is 2.85. The van der Waals surface area contributed by atoms with Gasteiger partial charge in [0.1, 0.15) is 11.2 Å². The second-order valence-electron chi connectivity index (χ2n) is 5.39. The lowest BCUT2D eigenvalue weighted by Gasteiger charge is -2.10. The number of ether oxygens (including phenoxy) is 1. The molecule has 0 unspecified atom stereocenters. The molecular formula is C17H16ClN3O2S. The van der Waals surface area contributed by atoms with Crippen molar-refractivity contribution in [3.63, 3.8) is 0 Å². The van der Waals surface area contributed by atoms with Crippen molar-refractivity contribution in [3.8, 4) is 5.88 Å². The summed E-state index contributed by atoms with van der Waals surface area (Å²) in [4.78, 5) is 22.6. The zero-order valence-electron chi connectivity index (χ0n) is 13.5. The molecule has 0 radical (unpaired) electrons. The molecule has 1 amide bonds. The number of amides is 1. The molecule has 1 N–H and O–H groups in total. The van der Waals surface area contributed by atoms with Crippen LogP contribution in [0.1, 0.15) is 16.0 Å². The van der Waals surface area contributed by atoms with Crippen LogP contribution in [0.15, 0.2) is 24.5 Å². The molecular weight excluding hydrogens is 346 g/mol. The molecule has 3 aromatic rings. The highest BCUT2D eigenvalue weighted by Crippen LogP contribution is 2.33. The van der Waals surface area contributed by atoms with Crippen LogP contribution in [0.3, 0.4) is 0 Å². The number of anilines is 1. The van der Waals surface area contributed by atoms with Gasteiger partial charge in [-0.3, -0.25) is 4.79 Å². The predicted molar refractivity (Wildman–Crippen MR) is 97.2 cm³/mol. The first kappa shape index (κ1) is 16.7. The number of hydrogen-bond donors (Lipinski definition) is 1. The largest absolute Gasteiger partial charge is 0.467 e. The molecule has 0 spiro atoms. The summed E-state index contributed by atoms with van der Waals surface area (Å²) in [5.41, 5.74) is 2.57. The first-order chi connectivity index (χ1) is 11.5. The minimum atomic E-state index is -0.267. The van der Waals surface area contributed by atoms with E-state index >= 15 is 0 Å². The molecule has 3 rings (SSSR count). The number of nitrogens with zero attached hydrogens (tertiary/aromatic N) is 2. The molecule has 2 aromatic heterocycles. The maximum Gasteiger partial charge on any atom is 0.262 e. The number of hydrogen-bond acceptors (Lipinski definition) is 5. The summed E-state index contributed by atoms with van der Waals surface area (Å²) in [5, 5.41) is 4.27. The first-order valence-corrected chi connectivity index (χ1v) is 8.55. The van der Waals surface area contributed by atoms with Crippen molar-refractivity contribution in [2.24, 2.45) is 0 Å². The molecule has 124 valence electrons. The monoisotopic (exact) mass is 361 g/mol. The van der Waals surface area contributed by atoms with Gasteiger partial charge in [0.2, 0.25) is 5.88 Å². The number of nitrogens with one attached hydrogen (secondary N) is 1. The lowest BCUT2D eigenvalue weighted by Crippen LogP contribution is -2.21. The van der Waals surface area contributed by atoms with Crippen molar-refractivity contribution in [2.45, 2.75) is 20.8 Å². The molecule has 2 heterocycles. The highest BCUT2D eigenvalue weighted by Gasteiger charge is 2.14. The van der Waals surface area contributed by atoms with E-state index in [-0.39, 0.29) is 12.5 Å². The topological polar surface area (TPSA) is 64.1 Å². The van der Waals surface area contributed by atoms with Gasteiger partial charge in [-0.25, -0.2) is 9.97 Å². The van der Waals surface area contributed by atoms with Gasteiger partial charge in [-0.1, -0.05) is 17.7 Å². The second-order valence-corrected chi connectivity index (χ2v) is 7.00. The van der Waals surface area contributed by atoms with E-state index in [1.165, 1.54) is 6.33 Å². The number of fused-ring (bicyclic) bond motifs is 1. The second kappa shape index (κ2) is 6.75. The number of halogens is 1. The van der Waals surface area contributed by atoms with E-state index in [4.69, 9.17) is 16.3 Å². The highest BCUT2D eigenvalue weighted by atomic mass is 35.5. The van der Waals surface area contributed by atoms with Gasteiger partial charge in [0.05, 0.1) is 5.39 Å². The van der Waals surface area contributed by atoms with Crippen molar-refractivity contribution in [3.05, 3.63) is 45.6 Å². The molecule has 0 atom stereocenters. The Morgan fingerprint density at radius 1 is 1.25 bits per heavy atom. The SMILES string of the molecule is Cc1sc2ncnc(OCC(=O)Nc3cccc(Cl)c3C)c2c1C. The third kappa shape index (κ3) is 3.20. The molecule has 0 aliphatic heterocycles. The van der Waals surface area contributed by atoms with Crippen LogP contribution in [0, 0.1) is 20.8 Å². The third-order valence-electron chi connectivity index (χ3n) is 3.81. The van der Waals surface area contributed by atoms with E-state index in [0.29, 0.717) is 16.6 Å². The van der Waals surface area contributed by atoms with Crippen LogP contribution < -0.4 is 10.1 Å². The number of thiophene rings is 1. The van der Waals surface area contributed by atoms with Crippen LogP contribution in [0.25, 0.3) is 10.2 Å². The molecule has 0 bridgehead atoms. The van der Waals surface area contributed by atoms with Crippen LogP contribution in [0.5, 0.6) is 5.88 Å². The van der Waals surface area contributed by atoms with Gasteiger partial charge >= 0.3 is 0 Å². The molecule has 1 aromatic carbocycles. The number of aryl methyl sites for hydroxylation is 2. The quantitative estimate of drug-likeness (QED) is 0.753. The maximum atomic E-state index is 12.2. The smallest absolute Gasteiger partial charge is 0.262 e. The number of carbonyl (C=O) groups excluding carboxylic acids is 1. The molecule has 0 fully saturated rings. The van der Waals surface area contributed by atoms with Crippen molar-refractivity contribution in [1.29, 1.82) is 0 Å². The summed E-state index contributed by atoms with van der Waals surface area (Å²) in [6, 6.07) is 5.37. The van der Waals surface area contributed by atoms with E-state index in [9.17, 15) is 4.79 Å². The lowest BCUT2D eigenvalue weighted by molar-refractivity contribution is -0.118. The number of benzene rings is 1. The molecule has 0 saturated carbocycles. The number of rotatable bonds is 4. The minimum absolute atomic E-state index is 0.133. The minimum Gasteiger partial charge on any atom is -0.467 e. The Bertz CT molecular complexity index is 924. The van der Waals surface area contributed by atoms with E-state index in [1.54, 1.807) is 29.5 Å². The van der Waals surface area contributed by atoms with Crippen LogP contribution in [0.4, 0.5) is 5.69 Å². The molecule has 7 heteroatoms. The van der Waals surface area contributed by atoms with Gasteiger partial charge < -0.3 is 10.1 Å². The Balaban J connectivity index is 1.74. The van der Waals surface area contributed by atoms with Crippen LogP contribution >= 0.6 is 22.9 Å². The first-order valence-electron chi connectivity index (χ1n) is 7.36. The average molecular weight is 362 g/mol. The van der Waals surface area contributed by atoms with Crippen molar-refractivity contribution >= 4 is 44.7 Å². The zero-order valence-corrected chi connectivity index (χ0v) is 15.1. The number of aromatic nitrogens is 2. The maximum absolute atomic E-state index is 12.2. The van der Waals surface area contributed by atoms with Gasteiger partial charge in [-0.2, -0.15) is 0 Å². The summed E-state index contributed by atoms with van der Waals surface area (Å²) in [6.07, 6.45) is 1.45. The van der Waals surface area contributed by atoms with Crippen LogP contribution in [-0.4, -0.2) is 22.5 Å². The van der Waals surface area contributed by atoms with E-state index < -0.39 is 0 Å². The van der Waals surface area contributed by atoms with E-state index in [1.807, 2.05) is 20.8 Å². The fourth-order valence-electron chi connectivity index (χ4n) is 2.32. The van der Waals surface area contributed by atoms with Gasteiger partial charge in [0, 0.05) is 15.6 Å². The molecule has 5 nitrogen and oxygen atoms in total.